The van der Waals surface area contributed by atoms with Crippen molar-refractivity contribution in [3.8, 4) is 11.3 Å². The largest absolute Gasteiger partial charge is 0.336 e. The Morgan fingerprint density at radius 3 is 2.69 bits per heavy atom. The van der Waals surface area contributed by atoms with E-state index in [2.05, 4.69) is 20.4 Å². The van der Waals surface area contributed by atoms with Crippen molar-refractivity contribution in [1.82, 2.24) is 29.7 Å². The topological polar surface area (TPSA) is 79.2 Å². The Labute approximate surface area is 149 Å². The maximum Gasteiger partial charge on any atom is 0.271 e. The SMILES string of the molecule is O=C(c1cc(-c2ccccc2)n[nH]1)N1CC(c2nnc3ccccn23)C1. The van der Waals surface area contributed by atoms with Gasteiger partial charge in [-0.05, 0) is 18.2 Å². The molecule has 0 radical (unpaired) electrons. The molecule has 4 aromatic rings. The highest BCUT2D eigenvalue weighted by Crippen LogP contribution is 2.28. The van der Waals surface area contributed by atoms with Gasteiger partial charge >= 0.3 is 0 Å². The number of pyridine rings is 1. The number of aromatic nitrogens is 5. The van der Waals surface area contributed by atoms with Crippen molar-refractivity contribution >= 4 is 11.6 Å². The molecule has 1 N–H and O–H groups in total. The first-order valence-electron chi connectivity index (χ1n) is 8.49. The van der Waals surface area contributed by atoms with E-state index < -0.39 is 0 Å². The second-order valence-corrected chi connectivity index (χ2v) is 6.43. The molecule has 0 atom stereocenters. The van der Waals surface area contributed by atoms with Gasteiger partial charge in [0.2, 0.25) is 0 Å². The van der Waals surface area contributed by atoms with Crippen LogP contribution in [0.5, 0.6) is 0 Å². The Balaban J connectivity index is 1.31. The maximum absolute atomic E-state index is 12.7. The monoisotopic (exact) mass is 344 g/mol. The zero-order chi connectivity index (χ0) is 17.5. The number of nitrogens with one attached hydrogen (secondary N) is 1. The quantitative estimate of drug-likeness (QED) is 0.619. The van der Waals surface area contributed by atoms with Crippen molar-refractivity contribution in [3.05, 3.63) is 72.3 Å². The molecule has 7 heteroatoms. The number of hydrogen-bond acceptors (Lipinski definition) is 4. The van der Waals surface area contributed by atoms with Gasteiger partial charge in [-0.3, -0.25) is 14.3 Å². The van der Waals surface area contributed by atoms with Gasteiger partial charge < -0.3 is 4.90 Å². The van der Waals surface area contributed by atoms with E-state index in [9.17, 15) is 4.79 Å². The molecule has 7 nitrogen and oxygen atoms in total. The number of nitrogens with zero attached hydrogens (tertiary/aromatic N) is 5. The van der Waals surface area contributed by atoms with Crippen LogP contribution in [-0.4, -0.2) is 48.7 Å². The Bertz CT molecular complexity index is 1080. The number of amides is 1. The smallest absolute Gasteiger partial charge is 0.271 e. The minimum absolute atomic E-state index is 0.0373. The molecule has 1 amide bonds. The average molecular weight is 344 g/mol. The molecular weight excluding hydrogens is 328 g/mol. The highest BCUT2D eigenvalue weighted by atomic mass is 16.2. The molecule has 4 heterocycles. The zero-order valence-electron chi connectivity index (χ0n) is 13.9. The van der Waals surface area contributed by atoms with E-state index in [1.807, 2.05) is 59.1 Å². The Morgan fingerprint density at radius 2 is 1.85 bits per heavy atom. The molecule has 5 rings (SSSR count). The van der Waals surface area contributed by atoms with E-state index in [0.717, 1.165) is 22.7 Å². The molecule has 0 unspecified atom stereocenters. The summed E-state index contributed by atoms with van der Waals surface area (Å²) in [4.78, 5) is 14.5. The fraction of sp³-hybridized carbons (Fsp3) is 0.158. The summed E-state index contributed by atoms with van der Waals surface area (Å²) < 4.78 is 1.98. The van der Waals surface area contributed by atoms with E-state index in [4.69, 9.17) is 0 Å². The normalized spacial score (nSPS) is 14.5. The third-order valence-corrected chi connectivity index (χ3v) is 4.75. The first-order valence-corrected chi connectivity index (χ1v) is 8.49. The second kappa shape index (κ2) is 5.80. The first kappa shape index (κ1) is 14.8. The number of benzene rings is 1. The van der Waals surface area contributed by atoms with Crippen molar-refractivity contribution in [2.75, 3.05) is 13.1 Å². The zero-order valence-corrected chi connectivity index (χ0v) is 13.9. The fourth-order valence-corrected chi connectivity index (χ4v) is 3.30. The summed E-state index contributed by atoms with van der Waals surface area (Å²) in [6, 6.07) is 17.4. The lowest BCUT2D eigenvalue weighted by Crippen LogP contribution is -2.49. The summed E-state index contributed by atoms with van der Waals surface area (Å²) in [7, 11) is 0. The van der Waals surface area contributed by atoms with E-state index in [0.29, 0.717) is 18.8 Å². The van der Waals surface area contributed by atoms with Crippen molar-refractivity contribution in [1.29, 1.82) is 0 Å². The van der Waals surface area contributed by atoms with Crippen molar-refractivity contribution in [2.24, 2.45) is 0 Å². The molecule has 0 bridgehead atoms. The lowest BCUT2D eigenvalue weighted by molar-refractivity contribution is 0.0587. The minimum Gasteiger partial charge on any atom is -0.336 e. The number of rotatable bonds is 3. The van der Waals surface area contributed by atoms with Crippen LogP contribution < -0.4 is 0 Å². The van der Waals surface area contributed by atoms with Gasteiger partial charge in [-0.15, -0.1) is 10.2 Å². The molecular formula is C19H16N6O. The Kier molecular flexibility index (Phi) is 3.31. The van der Waals surface area contributed by atoms with Crippen LogP contribution in [0.15, 0.2) is 60.8 Å². The van der Waals surface area contributed by atoms with Gasteiger partial charge in [0.15, 0.2) is 5.65 Å². The fourth-order valence-electron chi connectivity index (χ4n) is 3.30. The first-order chi connectivity index (χ1) is 12.8. The van der Waals surface area contributed by atoms with Crippen molar-refractivity contribution in [3.63, 3.8) is 0 Å². The number of H-pyrrole nitrogens is 1. The molecule has 3 aromatic heterocycles. The van der Waals surface area contributed by atoms with E-state index in [-0.39, 0.29) is 11.8 Å². The van der Waals surface area contributed by atoms with Crippen LogP contribution in [-0.2, 0) is 0 Å². The van der Waals surface area contributed by atoms with Crippen molar-refractivity contribution in [2.45, 2.75) is 5.92 Å². The predicted octanol–water partition coefficient (Wildman–Crippen LogP) is 2.36. The highest BCUT2D eigenvalue weighted by molar-refractivity contribution is 5.94. The predicted molar refractivity (Wildman–Crippen MR) is 95.7 cm³/mol. The van der Waals surface area contributed by atoms with Crippen LogP contribution in [0.3, 0.4) is 0 Å². The second-order valence-electron chi connectivity index (χ2n) is 6.43. The molecule has 128 valence electrons. The number of hydrogen-bond donors (Lipinski definition) is 1. The third-order valence-electron chi connectivity index (χ3n) is 4.75. The van der Waals surface area contributed by atoms with Gasteiger partial charge in [0, 0.05) is 24.8 Å². The number of likely N-dealkylation sites (tertiary alicyclic amines) is 1. The van der Waals surface area contributed by atoms with E-state index >= 15 is 0 Å². The van der Waals surface area contributed by atoms with Crippen LogP contribution in [0.4, 0.5) is 0 Å². The summed E-state index contributed by atoms with van der Waals surface area (Å²) in [5.41, 5.74) is 3.09. The summed E-state index contributed by atoms with van der Waals surface area (Å²) in [5, 5.41) is 15.6. The molecule has 0 spiro atoms. The summed E-state index contributed by atoms with van der Waals surface area (Å²) in [6.45, 7) is 1.27. The van der Waals surface area contributed by atoms with Crippen LogP contribution in [0.1, 0.15) is 22.2 Å². The van der Waals surface area contributed by atoms with Crippen LogP contribution in [0.25, 0.3) is 16.9 Å². The highest BCUT2D eigenvalue weighted by Gasteiger charge is 2.35. The number of carbonyl (C=O) groups excluding carboxylic acids is 1. The molecule has 1 aliphatic heterocycles. The van der Waals surface area contributed by atoms with Gasteiger partial charge in [-0.2, -0.15) is 5.10 Å². The number of fused-ring (bicyclic) bond motifs is 1. The molecule has 1 aliphatic rings. The van der Waals surface area contributed by atoms with Gasteiger partial charge in [0.05, 0.1) is 11.6 Å². The van der Waals surface area contributed by atoms with Crippen LogP contribution >= 0.6 is 0 Å². The molecule has 1 aromatic carbocycles. The van der Waals surface area contributed by atoms with Gasteiger partial charge in [0.25, 0.3) is 5.91 Å². The van der Waals surface area contributed by atoms with Crippen molar-refractivity contribution < 1.29 is 4.79 Å². The standard InChI is InChI=1S/C19H16N6O/c26-19(16-10-15(20-21-16)13-6-2-1-3-7-13)24-11-14(12-24)18-23-22-17-8-4-5-9-25(17)18/h1-10,14H,11-12H2,(H,20,21). The third kappa shape index (κ3) is 2.36. The van der Waals surface area contributed by atoms with Gasteiger partial charge in [-0.25, -0.2) is 0 Å². The van der Waals surface area contributed by atoms with E-state index in [1.165, 1.54) is 0 Å². The summed E-state index contributed by atoms with van der Waals surface area (Å²) in [6.07, 6.45) is 1.95. The number of aromatic amines is 1. The summed E-state index contributed by atoms with van der Waals surface area (Å²) >= 11 is 0. The van der Waals surface area contributed by atoms with Gasteiger partial charge in [-0.1, -0.05) is 36.4 Å². The number of carbonyl (C=O) groups is 1. The molecule has 0 aliphatic carbocycles. The Hall–Kier alpha value is -3.48. The van der Waals surface area contributed by atoms with Crippen LogP contribution in [0, 0.1) is 0 Å². The lowest BCUT2D eigenvalue weighted by Gasteiger charge is -2.37. The summed E-state index contributed by atoms with van der Waals surface area (Å²) in [5.74, 6) is 1.07. The molecule has 1 fully saturated rings. The maximum atomic E-state index is 12.7. The minimum atomic E-state index is -0.0373. The van der Waals surface area contributed by atoms with Gasteiger partial charge in [0.1, 0.15) is 11.5 Å². The molecule has 0 saturated carbocycles. The molecule has 1 saturated heterocycles. The lowest BCUT2D eigenvalue weighted by atomic mass is 9.98. The van der Waals surface area contributed by atoms with E-state index in [1.54, 1.807) is 11.0 Å². The van der Waals surface area contributed by atoms with Crippen LogP contribution in [0.2, 0.25) is 0 Å². The Morgan fingerprint density at radius 1 is 1.04 bits per heavy atom. The molecule has 26 heavy (non-hydrogen) atoms. The average Bonchev–Trinajstić information content (AvgIpc) is 3.29.